The van der Waals surface area contributed by atoms with Crippen molar-refractivity contribution in [3.05, 3.63) is 88.4 Å². The first-order valence-corrected chi connectivity index (χ1v) is 9.64. The van der Waals surface area contributed by atoms with E-state index in [1.807, 2.05) is 61.6 Å². The second kappa shape index (κ2) is 9.60. The second-order valence-corrected chi connectivity index (χ2v) is 7.35. The van der Waals surface area contributed by atoms with Crippen LogP contribution in [0.4, 0.5) is 5.69 Å². The van der Waals surface area contributed by atoms with Gasteiger partial charge in [0.25, 0.3) is 5.91 Å². The van der Waals surface area contributed by atoms with Crippen molar-refractivity contribution in [2.75, 3.05) is 18.9 Å². The summed E-state index contributed by atoms with van der Waals surface area (Å²) < 4.78 is 5.88. The van der Waals surface area contributed by atoms with Crippen LogP contribution in [0.2, 0.25) is 10.0 Å². The van der Waals surface area contributed by atoms with Gasteiger partial charge in [-0.25, -0.2) is 0 Å². The highest BCUT2D eigenvalue weighted by Crippen LogP contribution is 2.31. The minimum absolute atomic E-state index is 0.135. The SMILES string of the molecule is C[NH+](CC(=O)Nc1cc(Cl)ccc1Oc1ccccc1)Cc1ccccc1Cl. The van der Waals surface area contributed by atoms with Gasteiger partial charge >= 0.3 is 0 Å². The van der Waals surface area contributed by atoms with Gasteiger partial charge in [-0.2, -0.15) is 0 Å². The molecule has 28 heavy (non-hydrogen) atoms. The average Bonchev–Trinajstić information content (AvgIpc) is 2.66. The van der Waals surface area contributed by atoms with Crippen molar-refractivity contribution in [1.82, 2.24) is 0 Å². The maximum Gasteiger partial charge on any atom is 0.279 e. The van der Waals surface area contributed by atoms with Crippen LogP contribution in [0, 0.1) is 0 Å². The number of anilines is 1. The molecule has 0 aliphatic heterocycles. The molecule has 0 aliphatic rings. The number of halogens is 2. The molecule has 0 aliphatic carbocycles. The molecular formula is C22H21Cl2N2O2+. The van der Waals surface area contributed by atoms with Gasteiger partial charge in [-0.15, -0.1) is 0 Å². The normalized spacial score (nSPS) is 11.7. The van der Waals surface area contributed by atoms with E-state index >= 15 is 0 Å². The number of likely N-dealkylation sites (N-methyl/N-ethyl adjacent to an activating group) is 1. The number of para-hydroxylation sites is 1. The summed E-state index contributed by atoms with van der Waals surface area (Å²) in [6.45, 7) is 0.929. The third-order valence-electron chi connectivity index (χ3n) is 4.10. The van der Waals surface area contributed by atoms with E-state index in [-0.39, 0.29) is 12.5 Å². The number of nitrogens with one attached hydrogen (secondary N) is 2. The number of amides is 1. The number of hydrogen-bond acceptors (Lipinski definition) is 2. The molecule has 1 amide bonds. The van der Waals surface area contributed by atoms with Crippen LogP contribution in [0.25, 0.3) is 0 Å². The highest BCUT2D eigenvalue weighted by Gasteiger charge is 2.15. The van der Waals surface area contributed by atoms with Gasteiger partial charge in [-0.05, 0) is 36.4 Å². The summed E-state index contributed by atoms with van der Waals surface area (Å²) in [6.07, 6.45) is 0. The zero-order valence-electron chi connectivity index (χ0n) is 15.4. The van der Waals surface area contributed by atoms with Crippen molar-refractivity contribution in [3.8, 4) is 11.5 Å². The first-order valence-electron chi connectivity index (χ1n) is 8.88. The van der Waals surface area contributed by atoms with Gasteiger partial charge in [0.1, 0.15) is 12.3 Å². The Morgan fingerprint density at radius 3 is 2.46 bits per heavy atom. The molecule has 4 nitrogen and oxygen atoms in total. The summed E-state index contributed by atoms with van der Waals surface area (Å²) in [7, 11) is 1.95. The maximum atomic E-state index is 12.6. The van der Waals surface area contributed by atoms with E-state index in [2.05, 4.69) is 5.32 Å². The van der Waals surface area contributed by atoms with Crippen LogP contribution < -0.4 is 15.0 Å². The average molecular weight is 416 g/mol. The number of benzene rings is 3. The lowest BCUT2D eigenvalue weighted by molar-refractivity contribution is -0.885. The van der Waals surface area contributed by atoms with E-state index in [9.17, 15) is 4.79 Å². The first kappa shape index (κ1) is 20.2. The summed E-state index contributed by atoms with van der Waals surface area (Å²) in [5.74, 6) is 1.08. The lowest BCUT2D eigenvalue weighted by atomic mass is 10.2. The van der Waals surface area contributed by atoms with Crippen LogP contribution >= 0.6 is 23.2 Å². The molecule has 0 saturated carbocycles. The van der Waals surface area contributed by atoms with Crippen LogP contribution in [0.15, 0.2) is 72.8 Å². The van der Waals surface area contributed by atoms with Gasteiger partial charge < -0.3 is 15.0 Å². The van der Waals surface area contributed by atoms with Crippen LogP contribution in [0.5, 0.6) is 11.5 Å². The zero-order valence-corrected chi connectivity index (χ0v) is 16.9. The van der Waals surface area contributed by atoms with Crippen molar-refractivity contribution in [1.29, 1.82) is 0 Å². The van der Waals surface area contributed by atoms with Crippen molar-refractivity contribution >= 4 is 34.8 Å². The molecule has 3 rings (SSSR count). The molecule has 0 fully saturated rings. The summed E-state index contributed by atoms with van der Waals surface area (Å²) in [6, 6.07) is 22.2. The largest absolute Gasteiger partial charge is 0.455 e. The van der Waals surface area contributed by atoms with E-state index in [1.54, 1.807) is 18.2 Å². The minimum atomic E-state index is -0.135. The smallest absolute Gasteiger partial charge is 0.279 e. The Bertz CT molecular complexity index is 948. The Morgan fingerprint density at radius 1 is 1.00 bits per heavy atom. The topological polar surface area (TPSA) is 42.8 Å². The number of rotatable bonds is 7. The molecular weight excluding hydrogens is 395 g/mol. The van der Waals surface area contributed by atoms with Gasteiger partial charge in [0.2, 0.25) is 0 Å². The van der Waals surface area contributed by atoms with E-state index in [4.69, 9.17) is 27.9 Å². The molecule has 1 unspecified atom stereocenters. The number of quaternary nitrogens is 1. The number of carbonyl (C=O) groups excluding carboxylic acids is 1. The molecule has 3 aromatic rings. The molecule has 0 heterocycles. The van der Waals surface area contributed by atoms with Gasteiger partial charge in [0.15, 0.2) is 12.3 Å². The third kappa shape index (κ3) is 5.73. The van der Waals surface area contributed by atoms with Crippen molar-refractivity contribution in [2.45, 2.75) is 6.54 Å². The van der Waals surface area contributed by atoms with Gasteiger partial charge in [0, 0.05) is 15.6 Å². The standard InChI is InChI=1S/C22H20Cl2N2O2/c1-26(14-16-7-5-6-10-19(16)24)15-22(27)25-20-13-17(23)11-12-21(20)28-18-8-3-2-4-9-18/h2-13H,14-15H2,1H3,(H,25,27)/p+1. The Balaban J connectivity index is 1.66. The molecule has 0 bridgehead atoms. The predicted octanol–water partition coefficient (Wildman–Crippen LogP) is 4.44. The molecule has 6 heteroatoms. The number of hydrogen-bond donors (Lipinski definition) is 2. The van der Waals surface area contributed by atoms with Crippen LogP contribution in [0.1, 0.15) is 5.56 Å². The molecule has 0 radical (unpaired) electrons. The van der Waals surface area contributed by atoms with E-state index in [1.165, 1.54) is 0 Å². The molecule has 3 aromatic carbocycles. The van der Waals surface area contributed by atoms with Gasteiger partial charge in [-0.3, -0.25) is 4.79 Å². The lowest BCUT2D eigenvalue weighted by Gasteiger charge is -2.16. The van der Waals surface area contributed by atoms with Gasteiger partial charge in [0.05, 0.1) is 12.7 Å². The molecule has 1 atom stereocenters. The van der Waals surface area contributed by atoms with E-state index in [0.717, 1.165) is 10.5 Å². The highest BCUT2D eigenvalue weighted by atomic mass is 35.5. The van der Waals surface area contributed by atoms with Gasteiger partial charge in [-0.1, -0.05) is 59.6 Å². The monoisotopic (exact) mass is 415 g/mol. The van der Waals surface area contributed by atoms with E-state index in [0.29, 0.717) is 33.8 Å². The summed E-state index contributed by atoms with van der Waals surface area (Å²) in [5, 5.41) is 4.13. The molecule has 0 aromatic heterocycles. The Morgan fingerprint density at radius 2 is 1.71 bits per heavy atom. The molecule has 0 spiro atoms. The predicted molar refractivity (Wildman–Crippen MR) is 114 cm³/mol. The quantitative estimate of drug-likeness (QED) is 0.598. The second-order valence-electron chi connectivity index (χ2n) is 6.51. The summed E-state index contributed by atoms with van der Waals surface area (Å²) in [4.78, 5) is 13.6. The molecule has 0 saturated heterocycles. The number of carbonyl (C=O) groups is 1. The fourth-order valence-corrected chi connectivity index (χ4v) is 3.18. The Hall–Kier alpha value is -2.53. The molecule has 2 N–H and O–H groups in total. The Labute approximate surface area is 174 Å². The maximum absolute atomic E-state index is 12.6. The van der Waals surface area contributed by atoms with E-state index < -0.39 is 0 Å². The molecule has 144 valence electrons. The fraction of sp³-hybridized carbons (Fsp3) is 0.136. The lowest BCUT2D eigenvalue weighted by Crippen LogP contribution is -3.08. The van der Waals surface area contributed by atoms with Crippen molar-refractivity contribution in [2.24, 2.45) is 0 Å². The fourth-order valence-electron chi connectivity index (χ4n) is 2.80. The minimum Gasteiger partial charge on any atom is -0.455 e. The summed E-state index contributed by atoms with van der Waals surface area (Å²) >= 11 is 12.3. The first-order chi connectivity index (χ1) is 13.5. The van der Waals surface area contributed by atoms with Crippen LogP contribution in [0.3, 0.4) is 0 Å². The summed E-state index contributed by atoms with van der Waals surface area (Å²) in [5.41, 5.74) is 1.54. The van der Waals surface area contributed by atoms with Crippen molar-refractivity contribution < 1.29 is 14.4 Å². The Kier molecular flexibility index (Phi) is 6.93. The van der Waals surface area contributed by atoms with Crippen LogP contribution in [-0.2, 0) is 11.3 Å². The highest BCUT2D eigenvalue weighted by molar-refractivity contribution is 6.31. The third-order valence-corrected chi connectivity index (χ3v) is 4.70. The zero-order chi connectivity index (χ0) is 19.9. The van der Waals surface area contributed by atoms with Crippen molar-refractivity contribution in [3.63, 3.8) is 0 Å². The van der Waals surface area contributed by atoms with Crippen LogP contribution in [-0.4, -0.2) is 19.5 Å². The number of ether oxygens (including phenoxy) is 1.